The zero-order chi connectivity index (χ0) is 18.0. The van der Waals surface area contributed by atoms with E-state index in [1.807, 2.05) is 30.3 Å². The van der Waals surface area contributed by atoms with Gasteiger partial charge in [-0.3, -0.25) is 4.79 Å². The Morgan fingerprint density at radius 1 is 1.20 bits per heavy atom. The number of carbonyl (C=O) groups excluding carboxylic acids is 1. The number of para-hydroxylation sites is 1. The van der Waals surface area contributed by atoms with Crippen LogP contribution in [0.1, 0.15) is 10.5 Å². The van der Waals surface area contributed by atoms with Gasteiger partial charge in [-0.1, -0.05) is 41.4 Å². The first-order valence-corrected chi connectivity index (χ1v) is 8.00. The second kappa shape index (κ2) is 7.04. The maximum absolute atomic E-state index is 12.6. The SMILES string of the molecule is COc1cn(-c2ccccc2)nc1C(=O)Nc1cc(Cl)c(N)c(Cl)c1. The van der Waals surface area contributed by atoms with E-state index < -0.39 is 5.91 Å². The van der Waals surface area contributed by atoms with Crippen molar-refractivity contribution in [1.82, 2.24) is 9.78 Å². The van der Waals surface area contributed by atoms with Crippen LogP contribution >= 0.6 is 23.2 Å². The lowest BCUT2D eigenvalue weighted by Gasteiger charge is -2.08. The number of methoxy groups -OCH3 is 1. The summed E-state index contributed by atoms with van der Waals surface area (Å²) >= 11 is 12.0. The van der Waals surface area contributed by atoms with E-state index in [4.69, 9.17) is 33.7 Å². The number of nitrogen functional groups attached to an aromatic ring is 1. The third-order valence-corrected chi connectivity index (χ3v) is 4.10. The van der Waals surface area contributed by atoms with Crippen molar-refractivity contribution in [2.24, 2.45) is 0 Å². The summed E-state index contributed by atoms with van der Waals surface area (Å²) in [6, 6.07) is 12.4. The van der Waals surface area contributed by atoms with Gasteiger partial charge in [-0.05, 0) is 24.3 Å². The van der Waals surface area contributed by atoms with Crippen LogP contribution in [0.4, 0.5) is 11.4 Å². The van der Waals surface area contributed by atoms with Crippen LogP contribution in [0.3, 0.4) is 0 Å². The number of nitrogens with zero attached hydrogens (tertiary/aromatic N) is 2. The third kappa shape index (κ3) is 3.55. The number of carbonyl (C=O) groups is 1. The van der Waals surface area contributed by atoms with Gasteiger partial charge in [0.1, 0.15) is 0 Å². The number of rotatable bonds is 4. The second-order valence-electron chi connectivity index (χ2n) is 5.13. The molecule has 1 heterocycles. The Labute approximate surface area is 154 Å². The lowest BCUT2D eigenvalue weighted by Crippen LogP contribution is -2.14. The number of benzene rings is 2. The van der Waals surface area contributed by atoms with E-state index >= 15 is 0 Å². The molecule has 8 heteroatoms. The van der Waals surface area contributed by atoms with Crippen LogP contribution in [0.25, 0.3) is 5.69 Å². The molecule has 2 aromatic carbocycles. The minimum absolute atomic E-state index is 0.135. The average Bonchev–Trinajstić information content (AvgIpc) is 3.05. The highest BCUT2D eigenvalue weighted by molar-refractivity contribution is 6.39. The summed E-state index contributed by atoms with van der Waals surface area (Å²) in [7, 11) is 1.47. The number of halogens is 2. The fraction of sp³-hybridized carbons (Fsp3) is 0.0588. The molecule has 0 aliphatic heterocycles. The zero-order valence-corrected chi connectivity index (χ0v) is 14.7. The first-order valence-electron chi connectivity index (χ1n) is 7.24. The summed E-state index contributed by atoms with van der Waals surface area (Å²) in [5.74, 6) is -0.113. The Balaban J connectivity index is 1.91. The van der Waals surface area contributed by atoms with Crippen LogP contribution in [0.2, 0.25) is 10.0 Å². The van der Waals surface area contributed by atoms with Crippen molar-refractivity contribution >= 4 is 40.5 Å². The van der Waals surface area contributed by atoms with Crippen LogP contribution < -0.4 is 15.8 Å². The van der Waals surface area contributed by atoms with Gasteiger partial charge in [0.2, 0.25) is 0 Å². The van der Waals surface area contributed by atoms with E-state index in [2.05, 4.69) is 10.4 Å². The summed E-state index contributed by atoms with van der Waals surface area (Å²) in [5.41, 5.74) is 7.30. The number of anilines is 2. The standard InChI is InChI=1S/C17H14Cl2N4O2/c1-25-14-9-23(11-5-3-2-4-6-11)22-16(14)17(24)21-10-7-12(18)15(20)13(19)8-10/h2-9H,20H2,1H3,(H,21,24). The number of aromatic nitrogens is 2. The van der Waals surface area contributed by atoms with Gasteiger partial charge < -0.3 is 15.8 Å². The molecule has 3 N–H and O–H groups in total. The minimum atomic E-state index is -0.455. The number of nitrogens with one attached hydrogen (secondary N) is 1. The fourth-order valence-corrected chi connectivity index (χ4v) is 2.71. The molecule has 3 aromatic rings. The predicted octanol–water partition coefficient (Wildman–Crippen LogP) is 4.02. The minimum Gasteiger partial charge on any atom is -0.493 e. The number of hydrogen-bond acceptors (Lipinski definition) is 4. The largest absolute Gasteiger partial charge is 0.493 e. The number of hydrogen-bond donors (Lipinski definition) is 2. The predicted molar refractivity (Wildman–Crippen MR) is 98.9 cm³/mol. The average molecular weight is 377 g/mol. The van der Waals surface area contributed by atoms with Crippen molar-refractivity contribution in [3.63, 3.8) is 0 Å². The first-order chi connectivity index (χ1) is 12.0. The molecular formula is C17H14Cl2N4O2. The van der Waals surface area contributed by atoms with Crippen molar-refractivity contribution in [3.8, 4) is 11.4 Å². The molecule has 0 bridgehead atoms. The van der Waals surface area contributed by atoms with Gasteiger partial charge in [0.25, 0.3) is 5.91 Å². The van der Waals surface area contributed by atoms with Crippen molar-refractivity contribution in [3.05, 3.63) is 64.4 Å². The van der Waals surface area contributed by atoms with Gasteiger partial charge in [0.05, 0.1) is 34.7 Å². The van der Waals surface area contributed by atoms with Crippen LogP contribution in [0, 0.1) is 0 Å². The molecule has 0 unspecified atom stereocenters. The van der Waals surface area contributed by atoms with Crippen LogP contribution in [0.5, 0.6) is 5.75 Å². The summed E-state index contributed by atoms with van der Waals surface area (Å²) in [6.07, 6.45) is 1.63. The molecule has 0 saturated carbocycles. The van der Waals surface area contributed by atoms with Crippen molar-refractivity contribution in [2.75, 3.05) is 18.2 Å². The summed E-state index contributed by atoms with van der Waals surface area (Å²) < 4.78 is 6.82. The molecule has 0 aliphatic rings. The van der Waals surface area contributed by atoms with Crippen LogP contribution in [-0.2, 0) is 0 Å². The smallest absolute Gasteiger partial charge is 0.280 e. The molecule has 25 heavy (non-hydrogen) atoms. The van der Waals surface area contributed by atoms with Crippen molar-refractivity contribution in [1.29, 1.82) is 0 Å². The number of amides is 1. The number of ether oxygens (including phenoxy) is 1. The summed E-state index contributed by atoms with van der Waals surface area (Å²) in [6.45, 7) is 0. The molecular weight excluding hydrogens is 363 g/mol. The van der Waals surface area contributed by atoms with Crippen LogP contribution in [0.15, 0.2) is 48.7 Å². The van der Waals surface area contributed by atoms with Crippen molar-refractivity contribution < 1.29 is 9.53 Å². The molecule has 3 rings (SSSR count). The highest BCUT2D eigenvalue weighted by Gasteiger charge is 2.19. The van der Waals surface area contributed by atoms with E-state index in [9.17, 15) is 4.79 Å². The maximum atomic E-state index is 12.6. The molecule has 0 aliphatic carbocycles. The Bertz CT molecular complexity index is 903. The molecule has 0 spiro atoms. The van der Waals surface area contributed by atoms with Gasteiger partial charge in [0.15, 0.2) is 11.4 Å². The van der Waals surface area contributed by atoms with E-state index in [-0.39, 0.29) is 21.4 Å². The van der Waals surface area contributed by atoms with E-state index in [0.29, 0.717) is 11.4 Å². The van der Waals surface area contributed by atoms with Gasteiger partial charge >= 0.3 is 0 Å². The second-order valence-corrected chi connectivity index (χ2v) is 5.95. The Morgan fingerprint density at radius 3 is 2.44 bits per heavy atom. The molecule has 1 aromatic heterocycles. The quantitative estimate of drug-likeness (QED) is 0.673. The Hall–Kier alpha value is -2.70. The zero-order valence-electron chi connectivity index (χ0n) is 13.2. The molecule has 128 valence electrons. The highest BCUT2D eigenvalue weighted by Crippen LogP contribution is 2.31. The topological polar surface area (TPSA) is 82.2 Å². The Kier molecular flexibility index (Phi) is 4.83. The van der Waals surface area contributed by atoms with Gasteiger partial charge in [0, 0.05) is 5.69 Å². The summed E-state index contributed by atoms with van der Waals surface area (Å²) in [4.78, 5) is 12.6. The maximum Gasteiger partial charge on any atom is 0.280 e. The van der Waals surface area contributed by atoms with E-state index in [1.165, 1.54) is 19.2 Å². The molecule has 0 radical (unpaired) electrons. The fourth-order valence-electron chi connectivity index (χ4n) is 2.22. The lowest BCUT2D eigenvalue weighted by molar-refractivity contribution is 0.101. The molecule has 0 atom stereocenters. The van der Waals surface area contributed by atoms with Gasteiger partial charge in [-0.25, -0.2) is 4.68 Å². The van der Waals surface area contributed by atoms with Gasteiger partial charge in [-0.15, -0.1) is 0 Å². The highest BCUT2D eigenvalue weighted by atomic mass is 35.5. The lowest BCUT2D eigenvalue weighted by atomic mass is 10.2. The van der Waals surface area contributed by atoms with Crippen molar-refractivity contribution in [2.45, 2.75) is 0 Å². The third-order valence-electron chi connectivity index (χ3n) is 3.47. The summed E-state index contributed by atoms with van der Waals surface area (Å²) in [5, 5.41) is 7.49. The molecule has 0 saturated heterocycles. The molecule has 1 amide bonds. The van der Waals surface area contributed by atoms with E-state index in [0.717, 1.165) is 5.69 Å². The van der Waals surface area contributed by atoms with Crippen LogP contribution in [-0.4, -0.2) is 22.8 Å². The normalized spacial score (nSPS) is 10.5. The molecule has 6 nitrogen and oxygen atoms in total. The van der Waals surface area contributed by atoms with Gasteiger partial charge in [-0.2, -0.15) is 5.10 Å². The first kappa shape index (κ1) is 17.1. The Morgan fingerprint density at radius 2 is 1.84 bits per heavy atom. The number of nitrogens with two attached hydrogens (primary N) is 1. The molecule has 0 fully saturated rings. The van der Waals surface area contributed by atoms with E-state index in [1.54, 1.807) is 10.9 Å². The monoisotopic (exact) mass is 376 g/mol.